The van der Waals surface area contributed by atoms with Crippen molar-refractivity contribution in [2.45, 2.75) is 68.1 Å². The van der Waals surface area contributed by atoms with Crippen molar-refractivity contribution in [3.8, 4) is 0 Å². The maximum atomic E-state index is 2.57. The predicted molar refractivity (Wildman–Crippen MR) is 215 cm³/mol. The fourth-order valence-electron chi connectivity index (χ4n) is 6.15. The molecule has 0 radical (unpaired) electrons. The van der Waals surface area contributed by atoms with Crippen molar-refractivity contribution >= 4 is 56.3 Å². The van der Waals surface area contributed by atoms with Gasteiger partial charge in [0.2, 0.25) is 0 Å². The zero-order valence-corrected chi connectivity index (χ0v) is 29.9. The van der Waals surface area contributed by atoms with Gasteiger partial charge in [0, 0.05) is 7.59 Å². The van der Waals surface area contributed by atoms with Crippen LogP contribution in [0.1, 0.15) is 22.3 Å². The fourth-order valence-corrected chi connectivity index (χ4v) is 28.8. The molecule has 0 aliphatic heterocycles. The van der Waals surface area contributed by atoms with Gasteiger partial charge in [0.1, 0.15) is 15.2 Å². The second-order valence-electron chi connectivity index (χ2n) is 13.0. The molecule has 5 aromatic carbocycles. The Balaban J connectivity index is 0.000000423. The molecule has 0 N–H and O–H groups in total. The van der Waals surface area contributed by atoms with Crippen LogP contribution in [0, 0.1) is 0 Å². The Morgan fingerprint density at radius 2 is 0.477 bits per heavy atom. The topological polar surface area (TPSA) is 0 Å². The summed E-state index contributed by atoms with van der Waals surface area (Å²) < 4.78 is 0. The van der Waals surface area contributed by atoms with Crippen LogP contribution in [-0.2, 0) is 0 Å². The van der Waals surface area contributed by atoms with Gasteiger partial charge >= 0.3 is 0 Å². The summed E-state index contributed by atoms with van der Waals surface area (Å²) in [6, 6.07) is 55.9. The average Bonchev–Trinajstić information content (AvgIpc) is 3.02. The van der Waals surface area contributed by atoms with Crippen LogP contribution >= 0.6 is 0 Å². The molecule has 0 spiro atoms. The average molecular weight is 651 g/mol. The van der Waals surface area contributed by atoms with E-state index in [1.54, 1.807) is 25.9 Å². The van der Waals surface area contributed by atoms with Crippen LogP contribution in [0.25, 0.3) is 0 Å². The minimum Gasteiger partial charge on any atom is -0.0776 e. The van der Waals surface area contributed by atoms with Gasteiger partial charge in [0.25, 0.3) is 0 Å². The lowest BCUT2D eigenvalue weighted by molar-refractivity contribution is 1.67. The molecule has 0 saturated heterocycles. The van der Waals surface area contributed by atoms with E-state index in [1.165, 1.54) is 0 Å². The van der Waals surface area contributed by atoms with Crippen molar-refractivity contribution in [1.29, 1.82) is 0 Å². The summed E-state index contributed by atoms with van der Waals surface area (Å²) in [5.74, 6) is 0. The first-order chi connectivity index (χ1) is 19.5. The summed E-state index contributed by atoms with van der Waals surface area (Å²) in [6.45, 7) is 17.8. The highest BCUT2D eigenvalue weighted by molar-refractivity contribution is 7.54. The fraction of sp³-hybridized carbons (Fsp3) is 0.250. The van der Waals surface area contributed by atoms with E-state index in [2.05, 4.69) is 197 Å². The quantitative estimate of drug-likeness (QED) is 0.155. The SMILES string of the molecule is C.C.C.C[Si](C)(C)[Si](C)(c1ccccc1)c1ccccc1.C[Si](C)(c1ccccc1)[Si](C)(c1ccccc1)c1ccccc1. The van der Waals surface area contributed by atoms with Crippen LogP contribution in [0.4, 0.5) is 0 Å². The molecule has 5 rings (SSSR count). The second kappa shape index (κ2) is 16.3. The third-order valence-electron chi connectivity index (χ3n) is 9.65. The van der Waals surface area contributed by atoms with Gasteiger partial charge in [-0.05, 0) is 0 Å². The minimum absolute atomic E-state index is 0. The van der Waals surface area contributed by atoms with Gasteiger partial charge in [-0.25, -0.2) is 0 Å². The van der Waals surface area contributed by atoms with Gasteiger partial charge in [-0.2, -0.15) is 0 Å². The van der Waals surface area contributed by atoms with Crippen LogP contribution in [0.2, 0.25) is 45.8 Å². The number of rotatable bonds is 7. The molecule has 0 aliphatic rings. The molecule has 0 bridgehead atoms. The number of hydrogen-bond donors (Lipinski definition) is 0. The first-order valence-corrected chi connectivity index (χ1v) is 28.3. The molecule has 0 atom stereocenters. The molecule has 5 aromatic rings. The van der Waals surface area contributed by atoms with E-state index < -0.39 is 30.4 Å². The maximum absolute atomic E-state index is 2.57. The van der Waals surface area contributed by atoms with Crippen LogP contribution in [-0.4, -0.2) is 30.4 Å². The lowest BCUT2D eigenvalue weighted by Gasteiger charge is -2.42. The number of hydrogen-bond acceptors (Lipinski definition) is 0. The van der Waals surface area contributed by atoms with Gasteiger partial charge < -0.3 is 0 Å². The Labute approximate surface area is 274 Å². The third-order valence-corrected chi connectivity index (χ3v) is 43.7. The minimum atomic E-state index is -1.83. The molecule has 0 aliphatic carbocycles. The molecule has 0 unspecified atom stereocenters. The number of benzene rings is 5. The van der Waals surface area contributed by atoms with E-state index in [4.69, 9.17) is 0 Å². The predicted octanol–water partition coefficient (Wildman–Crippen LogP) is 8.78. The Morgan fingerprint density at radius 3 is 0.705 bits per heavy atom. The van der Waals surface area contributed by atoms with E-state index in [1.807, 2.05) is 0 Å². The molecule has 44 heavy (non-hydrogen) atoms. The summed E-state index contributed by atoms with van der Waals surface area (Å²) in [6.07, 6.45) is 0. The smallest absolute Gasteiger partial charge is 0.0776 e. The van der Waals surface area contributed by atoms with Gasteiger partial charge in [-0.3, -0.25) is 0 Å². The Morgan fingerprint density at radius 1 is 0.273 bits per heavy atom. The van der Waals surface area contributed by atoms with Crippen molar-refractivity contribution < 1.29 is 0 Å². The van der Waals surface area contributed by atoms with Gasteiger partial charge in [-0.15, -0.1) is 0 Å². The monoisotopic (exact) mass is 650 g/mol. The Hall–Kier alpha value is -3.03. The summed E-state index contributed by atoms with van der Waals surface area (Å²) >= 11 is 0. The maximum Gasteiger partial charge on any atom is 0.112 e. The van der Waals surface area contributed by atoms with Crippen LogP contribution in [0.15, 0.2) is 152 Å². The lowest BCUT2D eigenvalue weighted by Crippen LogP contribution is -2.76. The zero-order chi connectivity index (χ0) is 29.6. The van der Waals surface area contributed by atoms with Crippen molar-refractivity contribution in [3.63, 3.8) is 0 Å². The summed E-state index contributed by atoms with van der Waals surface area (Å²) in [5.41, 5.74) is 0. The molecular formula is C40H58Si4. The third kappa shape index (κ3) is 7.78. The first-order valence-electron chi connectivity index (χ1n) is 14.8. The highest BCUT2D eigenvalue weighted by Crippen LogP contribution is 2.21. The standard InChI is InChI=1S/C21H24Si2.C16H22Si2.3CH4/c1-22(2,19-13-7-4-8-14-19)23(3,20-15-9-5-10-16-20)21-17-11-6-12-18-21;1-17(2,3)18(4,15-11-7-5-8-12-15)16-13-9-6-10-14-16;;;/h4-18H,1-3H3;5-14H,1-4H3;3*1H4. The molecule has 0 saturated carbocycles. The van der Waals surface area contributed by atoms with Crippen LogP contribution in [0.3, 0.4) is 0 Å². The van der Waals surface area contributed by atoms with Crippen LogP contribution < -0.4 is 25.9 Å². The molecule has 0 nitrogen and oxygen atoms in total. The molecule has 0 amide bonds. The highest BCUT2D eigenvalue weighted by Gasteiger charge is 2.48. The van der Waals surface area contributed by atoms with E-state index in [-0.39, 0.29) is 22.3 Å². The molecule has 4 heteroatoms. The van der Waals surface area contributed by atoms with Crippen molar-refractivity contribution in [2.75, 3.05) is 0 Å². The van der Waals surface area contributed by atoms with E-state index in [0.717, 1.165) is 0 Å². The molecule has 0 aromatic heterocycles. The van der Waals surface area contributed by atoms with E-state index in [0.29, 0.717) is 0 Å². The van der Waals surface area contributed by atoms with Gasteiger partial charge in [-0.1, -0.05) is 246 Å². The van der Waals surface area contributed by atoms with E-state index in [9.17, 15) is 0 Å². The second-order valence-corrected chi connectivity index (χ2v) is 42.3. The molecule has 234 valence electrons. The van der Waals surface area contributed by atoms with Gasteiger partial charge in [0.15, 0.2) is 0 Å². The van der Waals surface area contributed by atoms with Crippen molar-refractivity contribution in [3.05, 3.63) is 152 Å². The summed E-state index contributed by atoms with van der Waals surface area (Å²) in [5, 5.41) is 7.81. The highest BCUT2D eigenvalue weighted by atomic mass is 29.3. The first kappa shape index (κ1) is 39.0. The summed E-state index contributed by atoms with van der Waals surface area (Å²) in [4.78, 5) is 0. The zero-order valence-electron chi connectivity index (χ0n) is 25.9. The Bertz CT molecular complexity index is 1400. The van der Waals surface area contributed by atoms with Crippen molar-refractivity contribution in [2.24, 2.45) is 0 Å². The van der Waals surface area contributed by atoms with Gasteiger partial charge in [0.05, 0.1) is 7.59 Å². The lowest BCUT2D eigenvalue weighted by atomic mass is 10.4. The molecular weight excluding hydrogens is 593 g/mol. The largest absolute Gasteiger partial charge is 0.112 e. The Kier molecular flexibility index (Phi) is 14.5. The summed E-state index contributed by atoms with van der Waals surface area (Å²) in [7, 11) is -6.33. The van der Waals surface area contributed by atoms with E-state index >= 15 is 0 Å². The normalized spacial score (nSPS) is 11.4. The van der Waals surface area contributed by atoms with Crippen LogP contribution in [0.5, 0.6) is 0 Å². The van der Waals surface area contributed by atoms with Crippen molar-refractivity contribution in [1.82, 2.24) is 0 Å². The molecule has 0 fully saturated rings. The molecule has 0 heterocycles.